The molecule has 0 fully saturated rings. The fourth-order valence-electron chi connectivity index (χ4n) is 1.89. The van der Waals surface area contributed by atoms with Gasteiger partial charge in [0.15, 0.2) is 0 Å². The Morgan fingerprint density at radius 3 is 2.90 bits per heavy atom. The molecule has 0 aliphatic heterocycles. The third-order valence-corrected chi connectivity index (χ3v) is 2.89. The highest BCUT2D eigenvalue weighted by atomic mass is 16.5. The Bertz CT molecular complexity index is 652. The van der Waals surface area contributed by atoms with Crippen molar-refractivity contribution in [2.75, 3.05) is 18.2 Å². The van der Waals surface area contributed by atoms with Crippen LogP contribution in [0.15, 0.2) is 29.1 Å². The third-order valence-electron chi connectivity index (χ3n) is 2.89. The van der Waals surface area contributed by atoms with Crippen LogP contribution in [-0.2, 0) is 13.0 Å². The van der Waals surface area contributed by atoms with E-state index >= 15 is 0 Å². The van der Waals surface area contributed by atoms with Crippen LogP contribution in [0.5, 0.6) is 5.75 Å². The molecule has 2 rings (SSSR count). The molecule has 0 saturated heterocycles. The van der Waals surface area contributed by atoms with Crippen LogP contribution in [0.4, 0.5) is 11.5 Å². The number of H-pyrrole nitrogens is 1. The molecule has 6 nitrogen and oxygen atoms in total. The van der Waals surface area contributed by atoms with Crippen LogP contribution in [-0.4, -0.2) is 17.1 Å². The maximum atomic E-state index is 11.5. The molecule has 6 heteroatoms. The Balaban J connectivity index is 2.18. The topological polar surface area (TPSA) is 93.0 Å². The summed E-state index contributed by atoms with van der Waals surface area (Å²) in [6.07, 6.45) is 0.673. The van der Waals surface area contributed by atoms with Crippen molar-refractivity contribution >= 4 is 11.5 Å². The molecule has 0 atom stereocenters. The number of anilines is 2. The van der Waals surface area contributed by atoms with Crippen molar-refractivity contribution in [2.24, 2.45) is 0 Å². The summed E-state index contributed by atoms with van der Waals surface area (Å²) in [5.74, 6) is 1.93. The van der Waals surface area contributed by atoms with E-state index in [0.717, 1.165) is 11.3 Å². The van der Waals surface area contributed by atoms with Gasteiger partial charge in [0.05, 0.1) is 7.11 Å². The van der Waals surface area contributed by atoms with E-state index in [1.165, 1.54) is 6.07 Å². The molecule has 0 radical (unpaired) electrons. The molecule has 0 aliphatic rings. The fraction of sp³-hybridized carbons (Fsp3) is 0.286. The van der Waals surface area contributed by atoms with Gasteiger partial charge < -0.3 is 20.8 Å². The molecular formula is C14H18N4O2. The van der Waals surface area contributed by atoms with Gasteiger partial charge in [0.25, 0.3) is 5.56 Å². The Morgan fingerprint density at radius 1 is 1.40 bits per heavy atom. The van der Waals surface area contributed by atoms with Gasteiger partial charge in [-0.3, -0.25) is 4.79 Å². The number of nitrogens with one attached hydrogen (secondary N) is 2. The molecule has 20 heavy (non-hydrogen) atoms. The summed E-state index contributed by atoms with van der Waals surface area (Å²) < 4.78 is 5.27. The molecular weight excluding hydrogens is 256 g/mol. The monoisotopic (exact) mass is 274 g/mol. The maximum Gasteiger partial charge on any atom is 0.252 e. The van der Waals surface area contributed by atoms with Gasteiger partial charge in [-0.2, -0.15) is 0 Å². The van der Waals surface area contributed by atoms with E-state index in [4.69, 9.17) is 10.5 Å². The number of aromatic nitrogens is 2. The molecule has 2 aromatic rings. The van der Waals surface area contributed by atoms with Crippen LogP contribution in [0.25, 0.3) is 0 Å². The first-order valence-electron chi connectivity index (χ1n) is 6.39. The van der Waals surface area contributed by atoms with E-state index in [9.17, 15) is 4.79 Å². The van der Waals surface area contributed by atoms with Gasteiger partial charge in [0.1, 0.15) is 17.4 Å². The first-order chi connectivity index (χ1) is 9.62. The van der Waals surface area contributed by atoms with Gasteiger partial charge in [-0.05, 0) is 18.2 Å². The Morgan fingerprint density at radius 2 is 2.20 bits per heavy atom. The number of methoxy groups -OCH3 is 1. The molecule has 0 amide bonds. The minimum absolute atomic E-state index is 0.168. The first-order valence-corrected chi connectivity index (χ1v) is 6.39. The molecule has 0 aliphatic carbocycles. The van der Waals surface area contributed by atoms with Crippen LogP contribution in [0, 0.1) is 0 Å². The van der Waals surface area contributed by atoms with E-state index in [1.54, 1.807) is 13.2 Å². The molecule has 106 valence electrons. The van der Waals surface area contributed by atoms with Gasteiger partial charge in [-0.15, -0.1) is 0 Å². The lowest BCUT2D eigenvalue weighted by molar-refractivity contribution is 0.410. The zero-order valence-electron chi connectivity index (χ0n) is 11.6. The summed E-state index contributed by atoms with van der Waals surface area (Å²) in [7, 11) is 1.61. The van der Waals surface area contributed by atoms with Crippen LogP contribution in [0.2, 0.25) is 0 Å². The molecule has 4 N–H and O–H groups in total. The van der Waals surface area contributed by atoms with Crippen LogP contribution in [0.1, 0.15) is 18.3 Å². The second-order valence-corrected chi connectivity index (χ2v) is 4.36. The highest BCUT2D eigenvalue weighted by Crippen LogP contribution is 2.21. The Kier molecular flexibility index (Phi) is 4.24. The lowest BCUT2D eigenvalue weighted by Gasteiger charge is -2.11. The number of aromatic amines is 1. The second kappa shape index (κ2) is 6.10. The molecule has 0 unspecified atom stereocenters. The highest BCUT2D eigenvalue weighted by molar-refractivity contribution is 5.49. The summed E-state index contributed by atoms with van der Waals surface area (Å²) in [5, 5.41) is 3.11. The van der Waals surface area contributed by atoms with E-state index in [2.05, 4.69) is 15.3 Å². The standard InChI is InChI=1S/C14H18N4O2/c1-3-12-17-13(7-14(19)18-12)16-8-9-6-10(15)4-5-11(9)20-2/h4-7H,3,8,15H2,1-2H3,(H2,16,17,18,19). The number of hydrogen-bond donors (Lipinski definition) is 3. The SMILES string of the molecule is CCc1nc(NCc2cc(N)ccc2OC)cc(=O)[nH]1. The summed E-state index contributed by atoms with van der Waals surface area (Å²) in [5.41, 5.74) is 7.17. The lowest BCUT2D eigenvalue weighted by atomic mass is 10.2. The molecule has 1 aromatic heterocycles. The number of aryl methyl sites for hydroxylation is 1. The van der Waals surface area contributed by atoms with Crippen LogP contribution < -0.4 is 21.3 Å². The van der Waals surface area contributed by atoms with Gasteiger partial charge in [-0.1, -0.05) is 6.92 Å². The van der Waals surface area contributed by atoms with Crippen molar-refractivity contribution in [3.05, 3.63) is 46.0 Å². The van der Waals surface area contributed by atoms with Crippen LogP contribution in [0.3, 0.4) is 0 Å². The lowest BCUT2D eigenvalue weighted by Crippen LogP contribution is -2.13. The van der Waals surface area contributed by atoms with Crippen molar-refractivity contribution < 1.29 is 4.74 Å². The summed E-state index contributed by atoms with van der Waals surface area (Å²) in [6.45, 7) is 2.41. The average molecular weight is 274 g/mol. The van der Waals surface area contributed by atoms with Crippen LogP contribution >= 0.6 is 0 Å². The van der Waals surface area contributed by atoms with Gasteiger partial charge in [-0.25, -0.2) is 4.98 Å². The van der Waals surface area contributed by atoms with Crippen molar-refractivity contribution in [1.82, 2.24) is 9.97 Å². The van der Waals surface area contributed by atoms with Crippen molar-refractivity contribution in [3.63, 3.8) is 0 Å². The van der Waals surface area contributed by atoms with E-state index < -0.39 is 0 Å². The fourth-order valence-corrected chi connectivity index (χ4v) is 1.89. The summed E-state index contributed by atoms with van der Waals surface area (Å²) >= 11 is 0. The summed E-state index contributed by atoms with van der Waals surface area (Å²) in [4.78, 5) is 18.5. The zero-order chi connectivity index (χ0) is 14.5. The normalized spacial score (nSPS) is 10.3. The predicted octanol–water partition coefficient (Wildman–Crippen LogP) is 1.54. The number of rotatable bonds is 5. The molecule has 0 saturated carbocycles. The molecule has 0 bridgehead atoms. The van der Waals surface area contributed by atoms with E-state index in [1.807, 2.05) is 19.1 Å². The number of nitrogen functional groups attached to an aromatic ring is 1. The maximum absolute atomic E-state index is 11.5. The van der Waals surface area contributed by atoms with E-state index in [-0.39, 0.29) is 5.56 Å². The Labute approximate surface area is 117 Å². The molecule has 1 heterocycles. The predicted molar refractivity (Wildman–Crippen MR) is 79.0 cm³/mol. The second-order valence-electron chi connectivity index (χ2n) is 4.36. The van der Waals surface area contributed by atoms with Gasteiger partial charge >= 0.3 is 0 Å². The number of hydrogen-bond acceptors (Lipinski definition) is 5. The van der Waals surface area contributed by atoms with Gasteiger partial charge in [0, 0.05) is 30.3 Å². The van der Waals surface area contributed by atoms with E-state index in [0.29, 0.717) is 30.3 Å². The minimum atomic E-state index is -0.168. The number of nitrogens with two attached hydrogens (primary N) is 1. The minimum Gasteiger partial charge on any atom is -0.496 e. The number of benzene rings is 1. The van der Waals surface area contributed by atoms with Crippen molar-refractivity contribution in [3.8, 4) is 5.75 Å². The number of nitrogens with zero attached hydrogens (tertiary/aromatic N) is 1. The Hall–Kier alpha value is -2.50. The summed E-state index contributed by atoms with van der Waals surface area (Å²) in [6, 6.07) is 6.86. The third kappa shape index (κ3) is 3.28. The van der Waals surface area contributed by atoms with Crippen molar-refractivity contribution in [2.45, 2.75) is 19.9 Å². The number of ether oxygens (including phenoxy) is 1. The quantitative estimate of drug-likeness (QED) is 0.719. The first kappa shape index (κ1) is 13.9. The zero-order valence-corrected chi connectivity index (χ0v) is 11.6. The smallest absolute Gasteiger partial charge is 0.252 e. The highest BCUT2D eigenvalue weighted by Gasteiger charge is 2.05. The molecule has 1 aromatic carbocycles. The molecule has 0 spiro atoms. The largest absolute Gasteiger partial charge is 0.496 e. The van der Waals surface area contributed by atoms with Crippen molar-refractivity contribution in [1.29, 1.82) is 0 Å². The van der Waals surface area contributed by atoms with Gasteiger partial charge in [0.2, 0.25) is 0 Å². The average Bonchev–Trinajstić information content (AvgIpc) is 2.44.